The van der Waals surface area contributed by atoms with E-state index in [0.29, 0.717) is 5.75 Å². The summed E-state index contributed by atoms with van der Waals surface area (Å²) in [5.74, 6) is 0.587. The van der Waals surface area contributed by atoms with Crippen LogP contribution in [0.4, 0.5) is 0 Å². The zero-order valence-electron chi connectivity index (χ0n) is 15.4. The Kier molecular flexibility index (Phi) is 5.76. The standard InChI is InChI=1S/C21H26N2O3/c1-14(20(21(22)24)15-9-11-23-12-10-15)16-7-8-18(25-2)19(13-16)26-17-5-3-4-6-17/h7-14,17,20H,3-6H2,1-2H3,(H2,22,24)/t14-,20?/m1/s1. The van der Waals surface area contributed by atoms with Crippen molar-refractivity contribution in [3.63, 3.8) is 0 Å². The summed E-state index contributed by atoms with van der Waals surface area (Å²) >= 11 is 0. The summed E-state index contributed by atoms with van der Waals surface area (Å²) in [5.41, 5.74) is 7.59. The van der Waals surface area contributed by atoms with Gasteiger partial charge >= 0.3 is 0 Å². The highest BCUT2D eigenvalue weighted by Crippen LogP contribution is 2.38. The van der Waals surface area contributed by atoms with E-state index < -0.39 is 5.92 Å². The molecule has 5 nitrogen and oxygen atoms in total. The molecule has 1 amide bonds. The van der Waals surface area contributed by atoms with Crippen LogP contribution in [-0.2, 0) is 4.79 Å². The molecule has 2 aromatic rings. The first-order valence-corrected chi connectivity index (χ1v) is 9.14. The lowest BCUT2D eigenvalue weighted by Gasteiger charge is -2.23. The van der Waals surface area contributed by atoms with E-state index in [1.54, 1.807) is 19.5 Å². The molecule has 3 rings (SSSR count). The number of aromatic nitrogens is 1. The Labute approximate surface area is 154 Å². The fourth-order valence-electron chi connectivity index (χ4n) is 3.72. The molecule has 1 aliphatic rings. The number of carbonyl (C=O) groups excluding carboxylic acids is 1. The van der Waals surface area contributed by atoms with Gasteiger partial charge in [-0.25, -0.2) is 0 Å². The van der Waals surface area contributed by atoms with Crippen LogP contribution >= 0.6 is 0 Å². The van der Waals surface area contributed by atoms with Gasteiger partial charge in [-0.2, -0.15) is 0 Å². The molecule has 2 N–H and O–H groups in total. The molecule has 1 unspecified atom stereocenters. The lowest BCUT2D eigenvalue weighted by Crippen LogP contribution is -2.26. The van der Waals surface area contributed by atoms with Gasteiger partial charge in [-0.3, -0.25) is 9.78 Å². The molecule has 0 radical (unpaired) electrons. The SMILES string of the molecule is COc1ccc([C@@H](C)C(C(N)=O)c2ccncc2)cc1OC1CCCC1. The number of benzene rings is 1. The Morgan fingerprint density at radius 1 is 1.12 bits per heavy atom. The van der Waals surface area contributed by atoms with Gasteiger partial charge in [0.25, 0.3) is 0 Å². The minimum Gasteiger partial charge on any atom is -0.493 e. The van der Waals surface area contributed by atoms with Crippen LogP contribution in [0.3, 0.4) is 0 Å². The van der Waals surface area contributed by atoms with Gasteiger partial charge in [0.15, 0.2) is 11.5 Å². The highest BCUT2D eigenvalue weighted by atomic mass is 16.5. The summed E-state index contributed by atoms with van der Waals surface area (Å²) in [6.07, 6.45) is 8.15. The molecule has 1 fully saturated rings. The third kappa shape index (κ3) is 3.98. The van der Waals surface area contributed by atoms with Crippen molar-refractivity contribution in [1.82, 2.24) is 4.98 Å². The van der Waals surface area contributed by atoms with Gasteiger partial charge in [-0.1, -0.05) is 13.0 Å². The first-order valence-electron chi connectivity index (χ1n) is 9.14. The van der Waals surface area contributed by atoms with E-state index in [-0.39, 0.29) is 17.9 Å². The zero-order chi connectivity index (χ0) is 18.5. The smallest absolute Gasteiger partial charge is 0.225 e. The van der Waals surface area contributed by atoms with E-state index >= 15 is 0 Å². The molecule has 5 heteroatoms. The number of primary amides is 1. The van der Waals surface area contributed by atoms with E-state index in [1.807, 2.05) is 37.3 Å². The van der Waals surface area contributed by atoms with Gasteiger partial charge in [0.1, 0.15) is 0 Å². The molecule has 0 saturated heterocycles. The number of amides is 1. The number of nitrogens with two attached hydrogens (primary N) is 1. The van der Waals surface area contributed by atoms with Crippen LogP contribution in [0.25, 0.3) is 0 Å². The van der Waals surface area contributed by atoms with Crippen molar-refractivity contribution in [2.24, 2.45) is 5.73 Å². The first-order chi connectivity index (χ1) is 12.6. The molecule has 26 heavy (non-hydrogen) atoms. The van der Waals surface area contributed by atoms with Crippen LogP contribution in [0.1, 0.15) is 55.6 Å². The van der Waals surface area contributed by atoms with Gasteiger partial charge in [-0.05, 0) is 67.0 Å². The predicted octanol–water partition coefficient (Wildman–Crippen LogP) is 3.78. The van der Waals surface area contributed by atoms with Crippen LogP contribution in [-0.4, -0.2) is 24.1 Å². The molecule has 0 bridgehead atoms. The molecule has 1 aromatic heterocycles. The summed E-state index contributed by atoms with van der Waals surface area (Å²) in [7, 11) is 1.64. The van der Waals surface area contributed by atoms with E-state index in [4.69, 9.17) is 15.2 Å². The molecule has 2 atom stereocenters. The van der Waals surface area contributed by atoms with Gasteiger partial charge in [0.2, 0.25) is 5.91 Å². The molecular formula is C21H26N2O3. The average Bonchev–Trinajstić information content (AvgIpc) is 3.15. The summed E-state index contributed by atoms with van der Waals surface area (Å²) < 4.78 is 11.6. The highest BCUT2D eigenvalue weighted by Gasteiger charge is 2.27. The van der Waals surface area contributed by atoms with Crippen molar-refractivity contribution in [2.75, 3.05) is 7.11 Å². The number of hydrogen-bond acceptors (Lipinski definition) is 4. The Morgan fingerprint density at radius 3 is 2.42 bits per heavy atom. The summed E-state index contributed by atoms with van der Waals surface area (Å²) in [4.78, 5) is 16.2. The number of carbonyl (C=O) groups is 1. The second-order valence-corrected chi connectivity index (χ2v) is 6.88. The Morgan fingerprint density at radius 2 is 1.81 bits per heavy atom. The van der Waals surface area contributed by atoms with Gasteiger partial charge in [0.05, 0.1) is 19.1 Å². The molecule has 1 aliphatic carbocycles. The Bertz CT molecular complexity index is 742. The predicted molar refractivity (Wildman–Crippen MR) is 100 cm³/mol. The van der Waals surface area contributed by atoms with Gasteiger partial charge < -0.3 is 15.2 Å². The van der Waals surface area contributed by atoms with Crippen molar-refractivity contribution >= 4 is 5.91 Å². The molecule has 1 saturated carbocycles. The van der Waals surface area contributed by atoms with Crippen LogP contribution < -0.4 is 15.2 Å². The lowest BCUT2D eigenvalue weighted by atomic mass is 9.82. The third-order valence-electron chi connectivity index (χ3n) is 5.18. The van der Waals surface area contributed by atoms with E-state index in [0.717, 1.165) is 29.7 Å². The number of hydrogen-bond donors (Lipinski definition) is 1. The molecule has 138 valence electrons. The van der Waals surface area contributed by atoms with Crippen LogP contribution in [0.15, 0.2) is 42.7 Å². The molecule has 0 aliphatic heterocycles. The van der Waals surface area contributed by atoms with Crippen LogP contribution in [0, 0.1) is 0 Å². The van der Waals surface area contributed by atoms with Crippen molar-refractivity contribution in [3.8, 4) is 11.5 Å². The van der Waals surface area contributed by atoms with Crippen molar-refractivity contribution in [1.29, 1.82) is 0 Å². The number of nitrogens with zero attached hydrogens (tertiary/aromatic N) is 1. The highest BCUT2D eigenvalue weighted by molar-refractivity contribution is 5.83. The maximum absolute atomic E-state index is 12.1. The van der Waals surface area contributed by atoms with E-state index in [9.17, 15) is 4.79 Å². The number of pyridine rings is 1. The van der Waals surface area contributed by atoms with Crippen molar-refractivity contribution in [3.05, 3.63) is 53.9 Å². The number of rotatable bonds is 7. The minimum atomic E-state index is -0.425. The number of ether oxygens (including phenoxy) is 2. The van der Waals surface area contributed by atoms with E-state index in [1.165, 1.54) is 12.8 Å². The fraction of sp³-hybridized carbons (Fsp3) is 0.429. The molecular weight excluding hydrogens is 328 g/mol. The quantitative estimate of drug-likeness (QED) is 0.821. The van der Waals surface area contributed by atoms with Gasteiger partial charge in [0, 0.05) is 12.4 Å². The topological polar surface area (TPSA) is 74.4 Å². The largest absolute Gasteiger partial charge is 0.493 e. The molecule has 1 aromatic carbocycles. The normalized spacial score (nSPS) is 16.8. The minimum absolute atomic E-state index is 0.0910. The average molecular weight is 354 g/mol. The zero-order valence-corrected chi connectivity index (χ0v) is 15.4. The molecule has 0 spiro atoms. The third-order valence-corrected chi connectivity index (χ3v) is 5.18. The van der Waals surface area contributed by atoms with Crippen molar-refractivity contribution in [2.45, 2.75) is 50.5 Å². The Hall–Kier alpha value is -2.56. The second-order valence-electron chi connectivity index (χ2n) is 6.88. The number of methoxy groups -OCH3 is 1. The maximum Gasteiger partial charge on any atom is 0.225 e. The maximum atomic E-state index is 12.1. The van der Waals surface area contributed by atoms with Crippen LogP contribution in [0.2, 0.25) is 0 Å². The lowest BCUT2D eigenvalue weighted by molar-refractivity contribution is -0.119. The summed E-state index contributed by atoms with van der Waals surface area (Å²) in [5, 5.41) is 0. The monoisotopic (exact) mass is 354 g/mol. The Balaban J connectivity index is 1.90. The molecule has 1 heterocycles. The first kappa shape index (κ1) is 18.2. The summed E-state index contributed by atoms with van der Waals surface area (Å²) in [6, 6.07) is 9.54. The second kappa shape index (κ2) is 8.21. The fourth-order valence-corrected chi connectivity index (χ4v) is 3.72. The van der Waals surface area contributed by atoms with Gasteiger partial charge in [-0.15, -0.1) is 0 Å². The van der Waals surface area contributed by atoms with E-state index in [2.05, 4.69) is 4.98 Å². The van der Waals surface area contributed by atoms with Crippen LogP contribution in [0.5, 0.6) is 11.5 Å². The van der Waals surface area contributed by atoms with Crippen molar-refractivity contribution < 1.29 is 14.3 Å². The summed E-state index contributed by atoms with van der Waals surface area (Å²) in [6.45, 7) is 2.01.